The number of rotatable bonds is 4. The van der Waals surface area contributed by atoms with Gasteiger partial charge in [-0.2, -0.15) is 0 Å². The minimum atomic E-state index is -0.592. The Hall–Kier alpha value is -1.62. The van der Waals surface area contributed by atoms with Crippen LogP contribution in [0, 0.1) is 10.1 Å². The van der Waals surface area contributed by atoms with Crippen molar-refractivity contribution in [3.05, 3.63) is 38.9 Å². The second-order valence-electron chi connectivity index (χ2n) is 4.08. The Labute approximate surface area is 110 Å². The first-order valence-corrected chi connectivity index (χ1v) is 6.01. The molecule has 0 saturated heterocycles. The number of nitro benzene ring substituents is 1. The van der Waals surface area contributed by atoms with E-state index in [1.165, 1.54) is 18.2 Å². The second kappa shape index (κ2) is 5.82. The highest BCUT2D eigenvalue weighted by Gasteiger charge is 2.24. The molecule has 1 aromatic carbocycles. The van der Waals surface area contributed by atoms with Crippen molar-refractivity contribution >= 4 is 23.2 Å². The van der Waals surface area contributed by atoms with Crippen molar-refractivity contribution in [3.63, 3.8) is 0 Å². The molecule has 0 aliphatic rings. The Balaban J connectivity index is 3.21. The Kier molecular flexibility index (Phi) is 4.67. The average molecular weight is 271 g/mol. The number of amides is 1. The van der Waals surface area contributed by atoms with E-state index in [9.17, 15) is 14.9 Å². The minimum absolute atomic E-state index is 0.0119. The molecule has 1 amide bonds. The Morgan fingerprint density at radius 3 is 2.56 bits per heavy atom. The number of carbonyl (C=O) groups excluding carboxylic acids is 1. The van der Waals surface area contributed by atoms with Gasteiger partial charge >= 0.3 is 0 Å². The molecule has 18 heavy (non-hydrogen) atoms. The third kappa shape index (κ3) is 2.79. The van der Waals surface area contributed by atoms with E-state index >= 15 is 0 Å². The first-order valence-electron chi connectivity index (χ1n) is 5.64. The molecule has 0 N–H and O–H groups in total. The standard InChI is InChI=1S/C12H15ClN2O3/c1-4-14(8(2)3)12(16)9-6-5-7-10(11(9)13)15(17)18/h5-8H,4H2,1-3H3. The third-order valence-electron chi connectivity index (χ3n) is 2.63. The zero-order chi connectivity index (χ0) is 13.9. The van der Waals surface area contributed by atoms with E-state index in [1.54, 1.807) is 4.90 Å². The van der Waals surface area contributed by atoms with E-state index < -0.39 is 4.92 Å². The van der Waals surface area contributed by atoms with E-state index in [2.05, 4.69) is 0 Å². The van der Waals surface area contributed by atoms with Gasteiger partial charge in [-0.3, -0.25) is 14.9 Å². The van der Waals surface area contributed by atoms with Crippen LogP contribution in [0.3, 0.4) is 0 Å². The van der Waals surface area contributed by atoms with Crippen molar-refractivity contribution in [3.8, 4) is 0 Å². The highest BCUT2D eigenvalue weighted by Crippen LogP contribution is 2.28. The summed E-state index contributed by atoms with van der Waals surface area (Å²) >= 11 is 5.92. The van der Waals surface area contributed by atoms with Crippen LogP contribution >= 0.6 is 11.6 Å². The van der Waals surface area contributed by atoms with Crippen molar-refractivity contribution in [2.45, 2.75) is 26.8 Å². The summed E-state index contributed by atoms with van der Waals surface area (Å²) in [4.78, 5) is 24.0. The number of halogens is 1. The largest absolute Gasteiger partial charge is 0.336 e. The molecule has 0 unspecified atom stereocenters. The van der Waals surface area contributed by atoms with E-state index in [0.717, 1.165) is 0 Å². The predicted molar refractivity (Wildman–Crippen MR) is 70.0 cm³/mol. The SMILES string of the molecule is CCN(C(=O)c1cccc([N+](=O)[O-])c1Cl)C(C)C. The van der Waals surface area contributed by atoms with Crippen LogP contribution in [0.1, 0.15) is 31.1 Å². The molecule has 0 heterocycles. The fourth-order valence-electron chi connectivity index (χ4n) is 1.72. The van der Waals surface area contributed by atoms with Crippen molar-refractivity contribution in [1.29, 1.82) is 0 Å². The van der Waals surface area contributed by atoms with Crippen molar-refractivity contribution in [1.82, 2.24) is 4.90 Å². The van der Waals surface area contributed by atoms with Gasteiger partial charge in [-0.25, -0.2) is 0 Å². The first-order chi connectivity index (χ1) is 8.40. The minimum Gasteiger partial charge on any atom is -0.336 e. The lowest BCUT2D eigenvalue weighted by Crippen LogP contribution is -2.36. The summed E-state index contributed by atoms with van der Waals surface area (Å²) in [6.07, 6.45) is 0. The molecule has 1 rings (SSSR count). The summed E-state index contributed by atoms with van der Waals surface area (Å²) in [5, 5.41) is 10.7. The number of hydrogen-bond donors (Lipinski definition) is 0. The average Bonchev–Trinajstić information content (AvgIpc) is 2.29. The van der Waals surface area contributed by atoms with Crippen molar-refractivity contribution < 1.29 is 9.72 Å². The van der Waals surface area contributed by atoms with Crippen LogP contribution in [0.5, 0.6) is 0 Å². The maximum Gasteiger partial charge on any atom is 0.288 e. The molecule has 0 fully saturated rings. The van der Waals surface area contributed by atoms with Crippen LogP contribution < -0.4 is 0 Å². The predicted octanol–water partition coefficient (Wildman–Crippen LogP) is 3.12. The van der Waals surface area contributed by atoms with Gasteiger partial charge in [0.15, 0.2) is 0 Å². The fraction of sp³-hybridized carbons (Fsp3) is 0.417. The quantitative estimate of drug-likeness (QED) is 0.624. The maximum absolute atomic E-state index is 12.2. The summed E-state index contributed by atoms with van der Waals surface area (Å²) in [6.45, 7) is 6.14. The van der Waals surface area contributed by atoms with Crippen molar-refractivity contribution in [2.24, 2.45) is 0 Å². The van der Waals surface area contributed by atoms with E-state index in [1.807, 2.05) is 20.8 Å². The molecule has 0 aliphatic heterocycles. The van der Waals surface area contributed by atoms with Crippen LogP contribution in [0.2, 0.25) is 5.02 Å². The second-order valence-corrected chi connectivity index (χ2v) is 4.46. The molecule has 98 valence electrons. The smallest absolute Gasteiger partial charge is 0.288 e. The third-order valence-corrected chi connectivity index (χ3v) is 3.03. The van der Waals surface area contributed by atoms with Crippen LogP contribution in [-0.2, 0) is 0 Å². The van der Waals surface area contributed by atoms with Gasteiger partial charge in [-0.05, 0) is 26.8 Å². The first kappa shape index (κ1) is 14.4. The molecular formula is C12H15ClN2O3. The van der Waals surface area contributed by atoms with Gasteiger partial charge in [0.2, 0.25) is 0 Å². The normalized spacial score (nSPS) is 10.5. The van der Waals surface area contributed by atoms with E-state index in [4.69, 9.17) is 11.6 Å². The number of hydrogen-bond acceptors (Lipinski definition) is 3. The van der Waals surface area contributed by atoms with E-state index in [0.29, 0.717) is 6.54 Å². The highest BCUT2D eigenvalue weighted by atomic mass is 35.5. The molecule has 0 bridgehead atoms. The molecule has 6 heteroatoms. The Bertz CT molecular complexity index is 474. The number of nitrogens with zero attached hydrogens (tertiary/aromatic N) is 2. The van der Waals surface area contributed by atoms with Crippen molar-refractivity contribution in [2.75, 3.05) is 6.54 Å². The summed E-state index contributed by atoms with van der Waals surface area (Å²) in [5.41, 5.74) is -0.0799. The summed E-state index contributed by atoms with van der Waals surface area (Å²) in [6, 6.07) is 4.26. The number of benzene rings is 1. The van der Waals surface area contributed by atoms with Gasteiger partial charge in [0, 0.05) is 18.7 Å². The Morgan fingerprint density at radius 2 is 2.11 bits per heavy atom. The van der Waals surface area contributed by atoms with Gasteiger partial charge in [0.25, 0.3) is 11.6 Å². The number of carbonyl (C=O) groups is 1. The molecule has 0 aliphatic carbocycles. The lowest BCUT2D eigenvalue weighted by Gasteiger charge is -2.25. The maximum atomic E-state index is 12.2. The highest BCUT2D eigenvalue weighted by molar-refractivity contribution is 6.35. The summed E-state index contributed by atoms with van der Waals surface area (Å²) in [7, 11) is 0. The fourth-order valence-corrected chi connectivity index (χ4v) is 2.00. The van der Waals surface area contributed by atoms with Crippen LogP contribution in [-0.4, -0.2) is 28.3 Å². The molecule has 0 aromatic heterocycles. The molecule has 0 spiro atoms. The molecule has 0 radical (unpaired) electrons. The summed E-state index contributed by atoms with van der Waals surface area (Å²) in [5.74, 6) is -0.291. The van der Waals surface area contributed by atoms with Gasteiger partial charge in [-0.15, -0.1) is 0 Å². The lowest BCUT2D eigenvalue weighted by molar-refractivity contribution is -0.384. The molecule has 5 nitrogen and oxygen atoms in total. The van der Waals surface area contributed by atoms with Crippen LogP contribution in [0.4, 0.5) is 5.69 Å². The van der Waals surface area contributed by atoms with Crippen LogP contribution in [0.25, 0.3) is 0 Å². The van der Waals surface area contributed by atoms with Crippen LogP contribution in [0.15, 0.2) is 18.2 Å². The molecular weight excluding hydrogens is 256 g/mol. The Morgan fingerprint density at radius 1 is 1.50 bits per heavy atom. The van der Waals surface area contributed by atoms with Gasteiger partial charge in [0.05, 0.1) is 10.5 Å². The zero-order valence-electron chi connectivity index (χ0n) is 10.5. The lowest BCUT2D eigenvalue weighted by atomic mass is 10.1. The molecule has 0 atom stereocenters. The molecule has 1 aromatic rings. The summed E-state index contributed by atoms with van der Waals surface area (Å²) < 4.78 is 0. The van der Waals surface area contributed by atoms with Gasteiger partial charge in [0.1, 0.15) is 5.02 Å². The van der Waals surface area contributed by atoms with E-state index in [-0.39, 0.29) is 28.2 Å². The van der Waals surface area contributed by atoms with Gasteiger partial charge < -0.3 is 4.90 Å². The zero-order valence-corrected chi connectivity index (χ0v) is 11.3. The van der Waals surface area contributed by atoms with Gasteiger partial charge in [-0.1, -0.05) is 17.7 Å². The number of nitro groups is 1. The topological polar surface area (TPSA) is 63.5 Å². The monoisotopic (exact) mass is 270 g/mol. The molecule has 0 saturated carbocycles.